The Morgan fingerprint density at radius 3 is 2.50 bits per heavy atom. The summed E-state index contributed by atoms with van der Waals surface area (Å²) >= 11 is 0. The van der Waals surface area contributed by atoms with Crippen LogP contribution in [-0.4, -0.2) is 25.3 Å². The Labute approximate surface area is 149 Å². The van der Waals surface area contributed by atoms with Crippen LogP contribution in [-0.2, 0) is 11.2 Å². The number of benzene rings is 2. The van der Waals surface area contributed by atoms with Crippen molar-refractivity contribution in [2.75, 3.05) is 19.5 Å². The number of hydrogen-bond donors (Lipinski definition) is 1. The molecule has 3 rings (SSSR count). The molecular weight excluding hydrogens is 339 g/mol. The summed E-state index contributed by atoms with van der Waals surface area (Å²) in [5, 5.41) is 6.59. The Hall–Kier alpha value is -3.35. The number of aromatic nitrogens is 1. The van der Waals surface area contributed by atoms with Gasteiger partial charge in [0.05, 0.1) is 26.3 Å². The van der Waals surface area contributed by atoms with Gasteiger partial charge in [0.15, 0.2) is 17.3 Å². The number of methoxy groups -OCH3 is 2. The molecule has 0 fully saturated rings. The zero-order valence-corrected chi connectivity index (χ0v) is 14.3. The number of nitrogens with one attached hydrogen (secondary N) is 1. The van der Waals surface area contributed by atoms with Crippen LogP contribution in [0, 0.1) is 5.82 Å². The van der Waals surface area contributed by atoms with Gasteiger partial charge in [-0.05, 0) is 42.5 Å². The maximum atomic E-state index is 12.9. The van der Waals surface area contributed by atoms with E-state index in [0.717, 1.165) is 5.56 Å². The molecule has 0 aliphatic heterocycles. The molecule has 0 saturated heterocycles. The van der Waals surface area contributed by atoms with Crippen molar-refractivity contribution in [2.45, 2.75) is 6.42 Å². The highest BCUT2D eigenvalue weighted by Gasteiger charge is 2.13. The van der Waals surface area contributed by atoms with Gasteiger partial charge in [-0.1, -0.05) is 5.16 Å². The van der Waals surface area contributed by atoms with E-state index in [9.17, 15) is 9.18 Å². The number of rotatable bonds is 6. The predicted molar refractivity (Wildman–Crippen MR) is 93.8 cm³/mol. The highest BCUT2D eigenvalue weighted by Crippen LogP contribution is 2.32. The van der Waals surface area contributed by atoms with Crippen LogP contribution in [0.25, 0.3) is 11.3 Å². The van der Waals surface area contributed by atoms with Crippen LogP contribution in [0.4, 0.5) is 10.1 Å². The first-order valence-corrected chi connectivity index (χ1v) is 7.82. The number of carbonyl (C=O) groups is 1. The van der Waals surface area contributed by atoms with Gasteiger partial charge in [-0.2, -0.15) is 0 Å². The van der Waals surface area contributed by atoms with E-state index < -0.39 is 0 Å². The van der Waals surface area contributed by atoms with Gasteiger partial charge < -0.3 is 19.3 Å². The minimum atomic E-state index is -0.362. The predicted octanol–water partition coefficient (Wildman–Crippen LogP) is 3.68. The van der Waals surface area contributed by atoms with Crippen molar-refractivity contribution >= 4 is 11.6 Å². The van der Waals surface area contributed by atoms with Gasteiger partial charge in [0.25, 0.3) is 0 Å². The highest BCUT2D eigenvalue weighted by atomic mass is 19.1. The van der Waals surface area contributed by atoms with E-state index in [1.165, 1.54) is 24.3 Å². The molecule has 0 aliphatic carbocycles. The number of amides is 1. The van der Waals surface area contributed by atoms with Crippen LogP contribution < -0.4 is 14.8 Å². The lowest BCUT2D eigenvalue weighted by Gasteiger charge is -2.07. The highest BCUT2D eigenvalue weighted by molar-refractivity contribution is 5.92. The smallest absolute Gasteiger partial charge is 0.230 e. The van der Waals surface area contributed by atoms with Crippen LogP contribution in [0.1, 0.15) is 5.69 Å². The lowest BCUT2D eigenvalue weighted by molar-refractivity contribution is -0.115. The summed E-state index contributed by atoms with van der Waals surface area (Å²) in [4.78, 5) is 12.1. The van der Waals surface area contributed by atoms with E-state index in [4.69, 9.17) is 14.0 Å². The van der Waals surface area contributed by atoms with E-state index in [1.807, 2.05) is 6.07 Å². The molecule has 7 heteroatoms. The molecule has 2 aromatic carbocycles. The molecule has 6 nitrogen and oxygen atoms in total. The molecule has 0 aliphatic rings. The molecule has 134 valence electrons. The molecule has 0 radical (unpaired) electrons. The molecule has 0 atom stereocenters. The van der Waals surface area contributed by atoms with Gasteiger partial charge in [-0.3, -0.25) is 4.79 Å². The maximum absolute atomic E-state index is 12.9. The fraction of sp³-hybridized carbons (Fsp3) is 0.158. The van der Waals surface area contributed by atoms with Crippen molar-refractivity contribution in [3.8, 4) is 22.8 Å². The number of hydrogen-bond acceptors (Lipinski definition) is 5. The molecule has 0 bridgehead atoms. The van der Waals surface area contributed by atoms with Crippen molar-refractivity contribution in [1.29, 1.82) is 0 Å². The summed E-state index contributed by atoms with van der Waals surface area (Å²) in [5.74, 6) is 1.05. The summed E-state index contributed by atoms with van der Waals surface area (Å²) < 4.78 is 28.7. The number of nitrogens with zero attached hydrogens (tertiary/aromatic N) is 1. The normalized spacial score (nSPS) is 10.4. The van der Waals surface area contributed by atoms with E-state index in [1.54, 1.807) is 32.4 Å². The lowest BCUT2D eigenvalue weighted by atomic mass is 10.1. The summed E-state index contributed by atoms with van der Waals surface area (Å²) in [6.45, 7) is 0. The van der Waals surface area contributed by atoms with Crippen molar-refractivity contribution in [2.24, 2.45) is 0 Å². The minimum Gasteiger partial charge on any atom is -0.493 e. The first kappa shape index (κ1) is 17.5. The van der Waals surface area contributed by atoms with Crippen LogP contribution in [0.5, 0.6) is 11.5 Å². The third-order valence-corrected chi connectivity index (χ3v) is 3.70. The lowest BCUT2D eigenvalue weighted by Crippen LogP contribution is -2.14. The van der Waals surface area contributed by atoms with E-state index in [-0.39, 0.29) is 18.1 Å². The second-order valence-corrected chi connectivity index (χ2v) is 5.48. The van der Waals surface area contributed by atoms with Gasteiger partial charge in [0.1, 0.15) is 5.82 Å². The standard InChI is InChI=1S/C19H17FN2O4/c1-24-16-8-3-12(9-18(16)25-2)17-10-15(22-26-17)11-19(23)21-14-6-4-13(20)5-7-14/h3-10H,11H2,1-2H3,(H,21,23). The molecule has 3 aromatic rings. The fourth-order valence-corrected chi connectivity index (χ4v) is 2.42. The van der Waals surface area contributed by atoms with Crippen molar-refractivity contribution in [3.05, 3.63) is 60.0 Å². The van der Waals surface area contributed by atoms with Crippen LogP contribution in [0.15, 0.2) is 53.1 Å². The zero-order valence-electron chi connectivity index (χ0n) is 14.3. The minimum absolute atomic E-state index is 0.0359. The zero-order chi connectivity index (χ0) is 18.5. The Morgan fingerprint density at radius 2 is 1.81 bits per heavy atom. The second-order valence-electron chi connectivity index (χ2n) is 5.48. The number of anilines is 1. The maximum Gasteiger partial charge on any atom is 0.230 e. The Balaban J connectivity index is 1.69. The third kappa shape index (κ3) is 4.00. The van der Waals surface area contributed by atoms with Gasteiger partial charge >= 0.3 is 0 Å². The summed E-state index contributed by atoms with van der Waals surface area (Å²) in [5.41, 5.74) is 1.75. The molecular formula is C19H17FN2O4. The Kier molecular flexibility index (Phi) is 5.17. The first-order chi connectivity index (χ1) is 12.6. The topological polar surface area (TPSA) is 73.6 Å². The summed E-state index contributed by atoms with van der Waals surface area (Å²) in [7, 11) is 3.11. The van der Waals surface area contributed by atoms with Crippen molar-refractivity contribution in [3.63, 3.8) is 0 Å². The molecule has 0 unspecified atom stereocenters. The van der Waals surface area contributed by atoms with Gasteiger partial charge in [-0.25, -0.2) is 4.39 Å². The average Bonchev–Trinajstić information content (AvgIpc) is 3.11. The Bertz CT molecular complexity index is 906. The quantitative estimate of drug-likeness (QED) is 0.729. The number of carbonyl (C=O) groups excluding carboxylic acids is 1. The van der Waals surface area contributed by atoms with Crippen LogP contribution >= 0.6 is 0 Å². The van der Waals surface area contributed by atoms with Crippen molar-refractivity contribution < 1.29 is 23.2 Å². The molecule has 1 amide bonds. The van der Waals surface area contributed by atoms with Crippen LogP contribution in [0.3, 0.4) is 0 Å². The summed E-state index contributed by atoms with van der Waals surface area (Å²) in [6.07, 6.45) is 0.0359. The van der Waals surface area contributed by atoms with Crippen molar-refractivity contribution in [1.82, 2.24) is 5.16 Å². The molecule has 1 aromatic heterocycles. The fourth-order valence-electron chi connectivity index (χ4n) is 2.42. The number of ether oxygens (including phenoxy) is 2. The second kappa shape index (κ2) is 7.69. The SMILES string of the molecule is COc1ccc(-c2cc(CC(=O)Nc3ccc(F)cc3)no2)cc1OC. The van der Waals surface area contributed by atoms with Gasteiger partial charge in [0.2, 0.25) is 5.91 Å². The monoisotopic (exact) mass is 356 g/mol. The van der Waals surface area contributed by atoms with Crippen LogP contribution in [0.2, 0.25) is 0 Å². The molecule has 0 spiro atoms. The Morgan fingerprint density at radius 1 is 1.08 bits per heavy atom. The first-order valence-electron chi connectivity index (χ1n) is 7.82. The molecule has 0 saturated carbocycles. The molecule has 1 N–H and O–H groups in total. The average molecular weight is 356 g/mol. The van der Waals surface area contributed by atoms with E-state index in [2.05, 4.69) is 10.5 Å². The van der Waals surface area contributed by atoms with E-state index >= 15 is 0 Å². The van der Waals surface area contributed by atoms with Gasteiger partial charge in [-0.15, -0.1) is 0 Å². The molecule has 26 heavy (non-hydrogen) atoms. The van der Waals surface area contributed by atoms with E-state index in [0.29, 0.717) is 28.6 Å². The number of halogens is 1. The summed E-state index contributed by atoms with van der Waals surface area (Å²) in [6, 6.07) is 12.6. The largest absolute Gasteiger partial charge is 0.493 e. The van der Waals surface area contributed by atoms with Gasteiger partial charge in [0, 0.05) is 17.3 Å². The third-order valence-electron chi connectivity index (χ3n) is 3.70. The molecule has 1 heterocycles.